The molecule has 2 atom stereocenters. The van der Waals surface area contributed by atoms with Gasteiger partial charge in [-0.05, 0) is 89.0 Å². The number of likely N-dealkylation sites (N-methyl/N-ethyl adjacent to an activating group) is 1. The molecule has 0 saturated carbocycles. The maximum Gasteiger partial charge on any atom is 0.137 e. The molecule has 2 unspecified atom stereocenters. The maximum atomic E-state index is 14.0. The SMILES string of the molecule is C=CC1=C(C(/C(C(=C)NC)=C(C)/C=C\CC)c2ccc(F)c(Br)c2)C(C)(O)CC1. The number of rotatable bonds is 8. The van der Waals surface area contributed by atoms with Crippen molar-refractivity contribution in [2.75, 3.05) is 7.05 Å². The summed E-state index contributed by atoms with van der Waals surface area (Å²) in [6, 6.07) is 5.04. The number of aliphatic hydroxyl groups is 1. The van der Waals surface area contributed by atoms with Crippen molar-refractivity contribution < 1.29 is 9.50 Å². The van der Waals surface area contributed by atoms with Gasteiger partial charge < -0.3 is 10.4 Å². The monoisotopic (exact) mass is 459 g/mol. The molecule has 0 saturated heterocycles. The predicted molar refractivity (Wildman–Crippen MR) is 124 cm³/mol. The van der Waals surface area contributed by atoms with Crippen LogP contribution in [0, 0.1) is 5.82 Å². The fourth-order valence-electron chi connectivity index (χ4n) is 4.03. The summed E-state index contributed by atoms with van der Waals surface area (Å²) in [4.78, 5) is 0. The van der Waals surface area contributed by atoms with Crippen LogP contribution in [-0.4, -0.2) is 17.8 Å². The molecule has 0 aromatic heterocycles. The highest BCUT2D eigenvalue weighted by Gasteiger charge is 2.41. The second-order valence-corrected chi connectivity index (χ2v) is 8.51. The lowest BCUT2D eigenvalue weighted by atomic mass is 9.75. The third kappa shape index (κ3) is 4.99. The number of benzene rings is 1. The van der Waals surface area contributed by atoms with E-state index in [1.165, 1.54) is 6.07 Å². The summed E-state index contributed by atoms with van der Waals surface area (Å²) >= 11 is 3.32. The Morgan fingerprint density at radius 3 is 2.69 bits per heavy atom. The van der Waals surface area contributed by atoms with Crippen LogP contribution in [0.15, 0.2) is 82.0 Å². The highest BCUT2D eigenvalue weighted by Crippen LogP contribution is 2.49. The van der Waals surface area contributed by atoms with Gasteiger partial charge in [-0.25, -0.2) is 4.39 Å². The lowest BCUT2D eigenvalue weighted by molar-refractivity contribution is 0.0952. The van der Waals surface area contributed by atoms with Gasteiger partial charge in [0.15, 0.2) is 0 Å². The minimum atomic E-state index is -0.983. The molecule has 29 heavy (non-hydrogen) atoms. The van der Waals surface area contributed by atoms with Gasteiger partial charge in [0.05, 0.1) is 10.1 Å². The largest absolute Gasteiger partial charge is 0.388 e. The third-order valence-corrected chi connectivity index (χ3v) is 6.17. The molecule has 0 bridgehead atoms. The maximum absolute atomic E-state index is 14.0. The normalized spacial score (nSPS) is 21.3. The van der Waals surface area contributed by atoms with Crippen LogP contribution in [-0.2, 0) is 0 Å². The average molecular weight is 460 g/mol. The Kier molecular flexibility index (Phi) is 7.84. The molecule has 0 fully saturated rings. The minimum Gasteiger partial charge on any atom is -0.388 e. The second kappa shape index (κ2) is 9.73. The second-order valence-electron chi connectivity index (χ2n) is 7.66. The molecule has 156 valence electrons. The van der Waals surface area contributed by atoms with Crippen LogP contribution >= 0.6 is 15.9 Å². The zero-order valence-corrected chi connectivity index (χ0v) is 19.4. The van der Waals surface area contributed by atoms with Crippen LogP contribution in [0.5, 0.6) is 0 Å². The molecule has 2 N–H and O–H groups in total. The van der Waals surface area contributed by atoms with Crippen molar-refractivity contribution in [2.45, 2.75) is 51.6 Å². The van der Waals surface area contributed by atoms with Gasteiger partial charge in [-0.1, -0.05) is 44.4 Å². The third-order valence-electron chi connectivity index (χ3n) is 5.56. The summed E-state index contributed by atoms with van der Waals surface area (Å²) < 4.78 is 14.4. The minimum absolute atomic E-state index is 0.279. The van der Waals surface area contributed by atoms with Crippen LogP contribution in [0.2, 0.25) is 0 Å². The summed E-state index contributed by atoms with van der Waals surface area (Å²) in [5.41, 5.74) is 4.65. The Hall–Kier alpha value is -1.91. The Bertz CT molecular complexity index is 892. The van der Waals surface area contributed by atoms with Gasteiger partial charge in [0.1, 0.15) is 5.82 Å². The lowest BCUT2D eigenvalue weighted by Gasteiger charge is -2.33. The lowest BCUT2D eigenvalue weighted by Crippen LogP contribution is -2.29. The van der Waals surface area contributed by atoms with E-state index in [1.54, 1.807) is 12.1 Å². The first kappa shape index (κ1) is 23.4. The summed E-state index contributed by atoms with van der Waals surface area (Å²) in [5.74, 6) is -0.594. The first-order valence-electron chi connectivity index (χ1n) is 9.95. The van der Waals surface area contributed by atoms with Gasteiger partial charge >= 0.3 is 0 Å². The van der Waals surface area contributed by atoms with E-state index in [2.05, 4.69) is 53.5 Å². The van der Waals surface area contributed by atoms with Crippen molar-refractivity contribution in [1.82, 2.24) is 5.32 Å². The van der Waals surface area contributed by atoms with Crippen LogP contribution in [0.25, 0.3) is 0 Å². The first-order chi connectivity index (χ1) is 13.7. The van der Waals surface area contributed by atoms with Crippen molar-refractivity contribution in [1.29, 1.82) is 0 Å². The van der Waals surface area contributed by atoms with Crippen molar-refractivity contribution in [3.05, 3.63) is 93.4 Å². The predicted octanol–water partition coefficient (Wildman–Crippen LogP) is 6.72. The van der Waals surface area contributed by atoms with Crippen molar-refractivity contribution in [3.8, 4) is 0 Å². The standard InChI is InChI=1S/C25H31BrFNO/c1-7-9-10-16(3)22(17(4)28-6)23(19-11-12-21(27)20(26)15-19)24-18(8-2)13-14-25(24,5)29/h8-12,15,23,28-29H,2,4,7,13-14H2,1,3,5-6H3/b10-9-,22-16+. The molecule has 2 rings (SSSR count). The number of hydrogen-bond donors (Lipinski definition) is 2. The molecule has 1 aromatic carbocycles. The molecule has 0 amide bonds. The topological polar surface area (TPSA) is 32.3 Å². The quantitative estimate of drug-likeness (QED) is 0.423. The van der Waals surface area contributed by atoms with Gasteiger partial charge in [0.25, 0.3) is 0 Å². The van der Waals surface area contributed by atoms with Gasteiger partial charge in [-0.3, -0.25) is 0 Å². The Labute approximate surface area is 182 Å². The van der Waals surface area contributed by atoms with E-state index in [1.807, 2.05) is 27.0 Å². The number of hydrogen-bond acceptors (Lipinski definition) is 2. The van der Waals surface area contributed by atoms with E-state index in [9.17, 15) is 9.50 Å². The van der Waals surface area contributed by atoms with E-state index in [0.29, 0.717) is 10.9 Å². The van der Waals surface area contributed by atoms with Crippen molar-refractivity contribution in [3.63, 3.8) is 0 Å². The summed E-state index contributed by atoms with van der Waals surface area (Å²) in [6.45, 7) is 14.2. The number of allylic oxidation sites excluding steroid dienone is 6. The fourth-order valence-corrected chi connectivity index (χ4v) is 4.43. The van der Waals surface area contributed by atoms with Crippen LogP contribution in [0.1, 0.15) is 51.5 Å². The van der Waals surface area contributed by atoms with Gasteiger partial charge in [0.2, 0.25) is 0 Å². The van der Waals surface area contributed by atoms with Gasteiger partial charge in [-0.15, -0.1) is 0 Å². The molecule has 1 aliphatic carbocycles. The van der Waals surface area contributed by atoms with Crippen LogP contribution in [0.4, 0.5) is 4.39 Å². The average Bonchev–Trinajstić information content (AvgIpc) is 2.99. The summed E-state index contributed by atoms with van der Waals surface area (Å²) in [7, 11) is 1.84. The smallest absolute Gasteiger partial charge is 0.137 e. The van der Waals surface area contributed by atoms with Crippen molar-refractivity contribution in [2.24, 2.45) is 0 Å². The van der Waals surface area contributed by atoms with Gasteiger partial charge in [0, 0.05) is 18.7 Å². The molecule has 1 aromatic rings. The van der Waals surface area contributed by atoms with E-state index in [0.717, 1.165) is 46.4 Å². The molecule has 0 aliphatic heterocycles. The van der Waals surface area contributed by atoms with Gasteiger partial charge in [-0.2, -0.15) is 0 Å². The zero-order chi connectivity index (χ0) is 21.8. The Morgan fingerprint density at radius 2 is 2.14 bits per heavy atom. The molecular formula is C25H31BrFNO. The molecule has 2 nitrogen and oxygen atoms in total. The van der Waals surface area contributed by atoms with E-state index >= 15 is 0 Å². The Balaban J connectivity index is 2.88. The number of halogens is 2. The summed E-state index contributed by atoms with van der Waals surface area (Å²) in [6.07, 6.45) is 8.33. The Morgan fingerprint density at radius 1 is 1.45 bits per heavy atom. The van der Waals surface area contributed by atoms with Crippen LogP contribution in [0.3, 0.4) is 0 Å². The number of nitrogens with one attached hydrogen (secondary N) is 1. The molecule has 0 radical (unpaired) electrons. The highest BCUT2D eigenvalue weighted by molar-refractivity contribution is 9.10. The first-order valence-corrected chi connectivity index (χ1v) is 10.7. The summed E-state index contributed by atoms with van der Waals surface area (Å²) in [5, 5.41) is 14.5. The zero-order valence-electron chi connectivity index (χ0n) is 17.8. The molecular weight excluding hydrogens is 429 g/mol. The highest BCUT2D eigenvalue weighted by atomic mass is 79.9. The van der Waals surface area contributed by atoms with E-state index < -0.39 is 5.60 Å². The van der Waals surface area contributed by atoms with E-state index in [4.69, 9.17) is 0 Å². The molecule has 4 heteroatoms. The fraction of sp³-hybridized carbons (Fsp3) is 0.360. The molecule has 0 spiro atoms. The molecule has 0 heterocycles. The van der Waals surface area contributed by atoms with E-state index in [-0.39, 0.29) is 11.7 Å². The van der Waals surface area contributed by atoms with Crippen LogP contribution < -0.4 is 5.32 Å². The molecule has 1 aliphatic rings. The van der Waals surface area contributed by atoms with Crippen molar-refractivity contribution >= 4 is 15.9 Å².